The molecule has 0 atom stereocenters. The molecule has 0 saturated carbocycles. The van der Waals surface area contributed by atoms with Crippen molar-refractivity contribution in [2.75, 3.05) is 19.8 Å². The number of hydrogen-bond donors (Lipinski definition) is 1. The molecule has 1 aliphatic heterocycles. The van der Waals surface area contributed by atoms with Gasteiger partial charge in [0.2, 0.25) is 0 Å². The molecule has 10 heavy (non-hydrogen) atoms. The number of nitrogens with two attached hydrogens (primary N) is 1. The van der Waals surface area contributed by atoms with Gasteiger partial charge in [0.05, 0.1) is 0 Å². The Hall–Kier alpha value is -0.0800. The van der Waals surface area contributed by atoms with E-state index in [4.69, 9.17) is 10.5 Å². The summed E-state index contributed by atoms with van der Waals surface area (Å²) in [5.41, 5.74) is 4.85. The highest BCUT2D eigenvalue weighted by Crippen LogP contribution is 1.98. The second-order valence-electron chi connectivity index (χ2n) is 1.73. The van der Waals surface area contributed by atoms with Gasteiger partial charge in [0.1, 0.15) is 0 Å². The predicted octanol–water partition coefficient (Wildman–Crippen LogP) is 1.79. The number of hydrogen-bond acceptors (Lipinski definition) is 2. The van der Waals surface area contributed by atoms with Crippen LogP contribution in [-0.2, 0) is 4.74 Å². The predicted molar refractivity (Wildman–Crippen MR) is 46.1 cm³/mol. The van der Waals surface area contributed by atoms with E-state index in [-0.39, 0.29) is 0 Å². The van der Waals surface area contributed by atoms with E-state index in [0.29, 0.717) is 0 Å². The zero-order valence-electron chi connectivity index (χ0n) is 7.52. The average molecular weight is 147 g/mol. The number of ether oxygens (including phenoxy) is 1. The Balaban J connectivity index is 0. The van der Waals surface area contributed by atoms with Crippen molar-refractivity contribution in [3.05, 3.63) is 0 Å². The molecule has 1 aliphatic rings. The molecule has 0 spiro atoms. The lowest BCUT2D eigenvalue weighted by molar-refractivity contribution is 0.198. The van der Waals surface area contributed by atoms with Gasteiger partial charge in [-0.25, -0.2) is 0 Å². The highest BCUT2D eigenvalue weighted by Gasteiger charge is 1.94. The Kier molecular flexibility index (Phi) is 20.1. The summed E-state index contributed by atoms with van der Waals surface area (Å²) in [6.07, 6.45) is 2.56. The van der Waals surface area contributed by atoms with Crippen molar-refractivity contribution >= 4 is 0 Å². The van der Waals surface area contributed by atoms with Crippen molar-refractivity contribution in [2.45, 2.75) is 33.6 Å². The molecule has 0 amide bonds. The molecule has 0 unspecified atom stereocenters. The molecule has 2 N–H and O–H groups in total. The molecule has 1 heterocycles. The Morgan fingerprint density at radius 3 is 1.60 bits per heavy atom. The fourth-order valence-corrected chi connectivity index (χ4v) is 0.510. The van der Waals surface area contributed by atoms with Crippen molar-refractivity contribution in [1.29, 1.82) is 0 Å². The maximum absolute atomic E-state index is 4.94. The second kappa shape index (κ2) is 16.0. The van der Waals surface area contributed by atoms with Crippen molar-refractivity contribution in [3.63, 3.8) is 0 Å². The van der Waals surface area contributed by atoms with Crippen LogP contribution in [0, 0.1) is 0 Å². The Morgan fingerprint density at radius 1 is 1.20 bits per heavy atom. The van der Waals surface area contributed by atoms with E-state index in [2.05, 4.69) is 0 Å². The van der Waals surface area contributed by atoms with Gasteiger partial charge in [-0.3, -0.25) is 0 Å². The van der Waals surface area contributed by atoms with Crippen LogP contribution in [-0.4, -0.2) is 19.8 Å². The summed E-state index contributed by atoms with van der Waals surface area (Å²) in [5.74, 6) is 0. The van der Waals surface area contributed by atoms with Crippen molar-refractivity contribution in [1.82, 2.24) is 0 Å². The Bertz CT molecular complexity index is 28.6. The minimum Gasteiger partial charge on any atom is -0.381 e. The van der Waals surface area contributed by atoms with E-state index in [1.54, 1.807) is 0 Å². The zero-order valence-corrected chi connectivity index (χ0v) is 7.52. The topological polar surface area (TPSA) is 35.2 Å². The van der Waals surface area contributed by atoms with Crippen LogP contribution in [0.1, 0.15) is 33.6 Å². The van der Waals surface area contributed by atoms with E-state index in [9.17, 15) is 0 Å². The molecule has 0 bridgehead atoms. The minimum absolute atomic E-state index is 0.750. The summed E-state index contributed by atoms with van der Waals surface area (Å²) >= 11 is 0. The summed E-state index contributed by atoms with van der Waals surface area (Å²) in [5, 5.41) is 0. The van der Waals surface area contributed by atoms with Crippen molar-refractivity contribution < 1.29 is 4.74 Å². The summed E-state index contributed by atoms with van der Waals surface area (Å²) < 4.78 is 4.94. The van der Waals surface area contributed by atoms with Crippen LogP contribution in [0.3, 0.4) is 0 Å². The van der Waals surface area contributed by atoms with E-state index >= 15 is 0 Å². The first-order valence-electron chi connectivity index (χ1n) is 4.19. The lowest BCUT2D eigenvalue weighted by Gasteiger charge is -1.76. The van der Waals surface area contributed by atoms with E-state index in [1.807, 2.05) is 20.8 Å². The lowest BCUT2D eigenvalue weighted by Crippen LogP contribution is -1.87. The van der Waals surface area contributed by atoms with E-state index in [1.165, 1.54) is 12.8 Å². The van der Waals surface area contributed by atoms with Gasteiger partial charge in [-0.15, -0.1) is 0 Å². The summed E-state index contributed by atoms with van der Waals surface area (Å²) in [4.78, 5) is 0. The van der Waals surface area contributed by atoms with Gasteiger partial charge in [0, 0.05) is 13.2 Å². The van der Waals surface area contributed by atoms with Gasteiger partial charge in [0.15, 0.2) is 0 Å². The molecule has 1 rings (SSSR count). The van der Waals surface area contributed by atoms with Gasteiger partial charge >= 0.3 is 0 Å². The highest BCUT2D eigenvalue weighted by molar-refractivity contribution is 4.43. The Labute approximate surface area is 64.8 Å². The van der Waals surface area contributed by atoms with Gasteiger partial charge in [-0.1, -0.05) is 20.8 Å². The fourth-order valence-electron chi connectivity index (χ4n) is 0.510. The van der Waals surface area contributed by atoms with Crippen LogP contribution >= 0.6 is 0 Å². The van der Waals surface area contributed by atoms with Crippen molar-refractivity contribution in [3.8, 4) is 0 Å². The van der Waals surface area contributed by atoms with Gasteiger partial charge in [0.25, 0.3) is 0 Å². The first-order chi connectivity index (χ1) is 4.91. The molecule has 0 radical (unpaired) electrons. The first-order valence-corrected chi connectivity index (χ1v) is 4.19. The van der Waals surface area contributed by atoms with Crippen LogP contribution in [0.4, 0.5) is 0 Å². The maximum atomic E-state index is 4.94. The molecule has 2 heteroatoms. The third kappa shape index (κ3) is 15.7. The number of rotatable bonds is 0. The molecule has 64 valence electrons. The van der Waals surface area contributed by atoms with E-state index in [0.717, 1.165) is 19.8 Å². The molecule has 0 aliphatic carbocycles. The summed E-state index contributed by atoms with van der Waals surface area (Å²) in [6.45, 7) is 8.65. The van der Waals surface area contributed by atoms with Gasteiger partial charge < -0.3 is 10.5 Å². The minimum atomic E-state index is 0.750. The second-order valence-corrected chi connectivity index (χ2v) is 1.73. The molecule has 1 saturated heterocycles. The van der Waals surface area contributed by atoms with E-state index < -0.39 is 0 Å². The lowest BCUT2D eigenvalue weighted by atomic mass is 10.4. The maximum Gasteiger partial charge on any atom is 0.0466 e. The molecule has 1 fully saturated rings. The average Bonchev–Trinajstić information content (AvgIpc) is 2.48. The normalized spacial score (nSPS) is 14.4. The van der Waals surface area contributed by atoms with Crippen LogP contribution in [0.15, 0.2) is 0 Å². The quantitative estimate of drug-likeness (QED) is 0.567. The largest absolute Gasteiger partial charge is 0.381 e. The standard InChI is InChI=1S/C4H8O.C2H7N.C2H6/c1-2-4-5-3-1;1-2-3;1-2/h1-4H2;2-3H2,1H3;1-2H3. The third-order valence-electron chi connectivity index (χ3n) is 0.827. The zero-order chi connectivity index (χ0) is 8.24. The molecule has 2 nitrogen and oxygen atoms in total. The van der Waals surface area contributed by atoms with Crippen LogP contribution < -0.4 is 5.73 Å². The smallest absolute Gasteiger partial charge is 0.0466 e. The van der Waals surface area contributed by atoms with Gasteiger partial charge in [-0.2, -0.15) is 0 Å². The van der Waals surface area contributed by atoms with Crippen LogP contribution in [0.5, 0.6) is 0 Å². The van der Waals surface area contributed by atoms with Crippen molar-refractivity contribution in [2.24, 2.45) is 5.73 Å². The fraction of sp³-hybridized carbons (Fsp3) is 1.00. The van der Waals surface area contributed by atoms with Crippen LogP contribution in [0.25, 0.3) is 0 Å². The summed E-state index contributed by atoms with van der Waals surface area (Å²) in [7, 11) is 0. The third-order valence-corrected chi connectivity index (χ3v) is 0.827. The SMILES string of the molecule is C1CCOC1.CC.CCN. The summed E-state index contributed by atoms with van der Waals surface area (Å²) in [6, 6.07) is 0. The Morgan fingerprint density at radius 2 is 1.50 bits per heavy atom. The van der Waals surface area contributed by atoms with Gasteiger partial charge in [-0.05, 0) is 19.4 Å². The highest BCUT2D eigenvalue weighted by atomic mass is 16.5. The molecule has 0 aromatic heterocycles. The molecule has 0 aromatic rings. The molecular weight excluding hydrogens is 126 g/mol. The molecular formula is C8H21NO. The van der Waals surface area contributed by atoms with Crippen LogP contribution in [0.2, 0.25) is 0 Å². The first kappa shape index (κ1) is 12.6. The monoisotopic (exact) mass is 147 g/mol. The molecule has 0 aromatic carbocycles.